The van der Waals surface area contributed by atoms with Crippen molar-refractivity contribution < 1.29 is 13.5 Å². The van der Waals surface area contributed by atoms with Gasteiger partial charge in [-0.2, -0.15) is 0 Å². The molecule has 0 aromatic heterocycles. The van der Waals surface area contributed by atoms with Crippen molar-refractivity contribution in [3.63, 3.8) is 0 Å². The summed E-state index contributed by atoms with van der Waals surface area (Å²) in [6, 6.07) is 0. The second-order valence-corrected chi connectivity index (χ2v) is 2.23. The van der Waals surface area contributed by atoms with Crippen LogP contribution in [0.25, 0.3) is 0 Å². The first-order chi connectivity index (χ1) is 3.77. The highest BCUT2D eigenvalue weighted by Gasteiger charge is 1.99. The topological polar surface area (TPSA) is 9.23 Å². The molecule has 0 saturated heterocycles. The zero-order valence-electron chi connectivity index (χ0n) is 4.24. The van der Waals surface area contributed by atoms with Crippen LogP contribution >= 0.6 is 22.6 Å². The molecule has 8 heavy (non-hydrogen) atoms. The van der Waals surface area contributed by atoms with Gasteiger partial charge in [0.25, 0.3) is 6.43 Å². The fraction of sp³-hybridized carbons (Fsp3) is 1.00. The van der Waals surface area contributed by atoms with E-state index >= 15 is 0 Å². The van der Waals surface area contributed by atoms with Crippen LogP contribution in [-0.2, 0) is 4.74 Å². The first kappa shape index (κ1) is 8.55. The average molecular weight is 236 g/mol. The van der Waals surface area contributed by atoms with Gasteiger partial charge in [-0.1, -0.05) is 22.6 Å². The molecule has 0 amide bonds. The van der Waals surface area contributed by atoms with Crippen molar-refractivity contribution in [2.45, 2.75) is 6.43 Å². The minimum absolute atomic E-state index is 0.422. The largest absolute Gasteiger partial charge is 0.375 e. The maximum atomic E-state index is 11.2. The first-order valence-electron chi connectivity index (χ1n) is 2.19. The zero-order valence-corrected chi connectivity index (χ0v) is 6.40. The molecule has 0 aromatic carbocycles. The van der Waals surface area contributed by atoms with Crippen molar-refractivity contribution in [2.75, 3.05) is 17.6 Å². The molecule has 0 unspecified atom stereocenters. The SMILES string of the molecule is FC(F)COCCI. The van der Waals surface area contributed by atoms with Crippen molar-refractivity contribution in [1.82, 2.24) is 0 Å². The van der Waals surface area contributed by atoms with Crippen LogP contribution in [0.2, 0.25) is 0 Å². The summed E-state index contributed by atoms with van der Waals surface area (Å²) in [5.41, 5.74) is 0. The number of rotatable bonds is 4. The third-order valence-corrected chi connectivity index (χ3v) is 0.906. The van der Waals surface area contributed by atoms with Gasteiger partial charge in [0.2, 0.25) is 0 Å². The minimum atomic E-state index is -2.32. The van der Waals surface area contributed by atoms with Crippen LogP contribution in [0.15, 0.2) is 0 Å². The van der Waals surface area contributed by atoms with Crippen molar-refractivity contribution in [2.24, 2.45) is 0 Å². The summed E-state index contributed by atoms with van der Waals surface area (Å²) in [6.45, 7) is -0.00605. The Morgan fingerprint density at radius 1 is 1.50 bits per heavy atom. The number of hydrogen-bond donors (Lipinski definition) is 0. The minimum Gasteiger partial charge on any atom is -0.375 e. The standard InChI is InChI=1S/C4H7F2IO/c5-4(6)3-8-2-1-7/h4H,1-3H2. The molecule has 0 N–H and O–H groups in total. The maximum absolute atomic E-state index is 11.2. The van der Waals surface area contributed by atoms with E-state index in [0.29, 0.717) is 6.61 Å². The number of hydrogen-bond acceptors (Lipinski definition) is 1. The molecule has 0 atom stereocenters. The second kappa shape index (κ2) is 5.68. The summed E-state index contributed by atoms with van der Waals surface area (Å²) in [7, 11) is 0. The highest BCUT2D eigenvalue weighted by Crippen LogP contribution is 1.92. The van der Waals surface area contributed by atoms with E-state index in [0.717, 1.165) is 4.43 Å². The molecule has 0 saturated carbocycles. The van der Waals surface area contributed by atoms with Gasteiger partial charge < -0.3 is 4.74 Å². The van der Waals surface area contributed by atoms with Crippen molar-refractivity contribution in [3.05, 3.63) is 0 Å². The molecule has 1 nitrogen and oxygen atoms in total. The molecular formula is C4H7F2IO. The third kappa shape index (κ3) is 6.55. The number of alkyl halides is 3. The van der Waals surface area contributed by atoms with Crippen LogP contribution in [-0.4, -0.2) is 24.1 Å². The van der Waals surface area contributed by atoms with Crippen LogP contribution in [0.4, 0.5) is 8.78 Å². The Bertz CT molecular complexity index is 51.3. The van der Waals surface area contributed by atoms with Crippen LogP contribution in [0.1, 0.15) is 0 Å². The molecule has 0 aromatic rings. The van der Waals surface area contributed by atoms with Gasteiger partial charge >= 0.3 is 0 Å². The molecular weight excluding hydrogens is 229 g/mol. The molecule has 0 fully saturated rings. The highest BCUT2D eigenvalue weighted by atomic mass is 127. The summed E-state index contributed by atoms with van der Waals surface area (Å²) >= 11 is 2.06. The summed E-state index contributed by atoms with van der Waals surface area (Å²) in [5, 5.41) is 0. The second-order valence-electron chi connectivity index (χ2n) is 1.15. The highest BCUT2D eigenvalue weighted by molar-refractivity contribution is 14.1. The van der Waals surface area contributed by atoms with Gasteiger partial charge in [0.15, 0.2) is 0 Å². The van der Waals surface area contributed by atoms with E-state index < -0.39 is 13.0 Å². The number of halogens is 3. The molecule has 0 rings (SSSR count). The molecule has 0 heterocycles. The maximum Gasteiger partial charge on any atom is 0.261 e. The van der Waals surface area contributed by atoms with Crippen molar-refractivity contribution >= 4 is 22.6 Å². The summed E-state index contributed by atoms with van der Waals surface area (Å²) in [6.07, 6.45) is -2.32. The Morgan fingerprint density at radius 2 is 2.12 bits per heavy atom. The summed E-state index contributed by atoms with van der Waals surface area (Å²) < 4.78 is 27.7. The van der Waals surface area contributed by atoms with E-state index in [1.807, 2.05) is 0 Å². The smallest absolute Gasteiger partial charge is 0.261 e. The van der Waals surface area contributed by atoms with Crippen LogP contribution in [0.3, 0.4) is 0 Å². The Kier molecular flexibility index (Phi) is 6.07. The lowest BCUT2D eigenvalue weighted by atomic mass is 10.7. The van der Waals surface area contributed by atoms with E-state index in [2.05, 4.69) is 27.3 Å². The molecule has 0 aliphatic heterocycles. The Hall–Kier alpha value is 0.550. The third-order valence-electron chi connectivity index (χ3n) is 0.465. The Balaban J connectivity index is 2.72. The van der Waals surface area contributed by atoms with Crippen LogP contribution in [0, 0.1) is 0 Å². The van der Waals surface area contributed by atoms with E-state index in [9.17, 15) is 8.78 Å². The van der Waals surface area contributed by atoms with Gasteiger partial charge in [-0.05, 0) is 0 Å². The normalized spacial score (nSPS) is 10.5. The quantitative estimate of drug-likeness (QED) is 0.410. The van der Waals surface area contributed by atoms with Crippen LogP contribution in [0.5, 0.6) is 0 Å². The molecule has 0 aliphatic rings. The van der Waals surface area contributed by atoms with Crippen molar-refractivity contribution in [3.8, 4) is 0 Å². The van der Waals surface area contributed by atoms with E-state index in [1.165, 1.54) is 0 Å². The van der Waals surface area contributed by atoms with Gasteiger partial charge in [0.1, 0.15) is 6.61 Å². The van der Waals surface area contributed by atoms with E-state index in [-0.39, 0.29) is 0 Å². The lowest BCUT2D eigenvalue weighted by Gasteiger charge is -1.97. The summed E-state index contributed by atoms with van der Waals surface area (Å²) in [4.78, 5) is 0. The predicted octanol–water partition coefficient (Wildman–Crippen LogP) is 1.70. The van der Waals surface area contributed by atoms with Gasteiger partial charge in [0, 0.05) is 4.43 Å². The first-order valence-corrected chi connectivity index (χ1v) is 3.71. The molecule has 0 radical (unpaired) electrons. The fourth-order valence-electron chi connectivity index (χ4n) is 0.227. The lowest BCUT2D eigenvalue weighted by Crippen LogP contribution is -2.05. The molecule has 4 heteroatoms. The zero-order chi connectivity index (χ0) is 6.41. The molecule has 50 valence electrons. The summed E-state index contributed by atoms with van der Waals surface area (Å²) in [5.74, 6) is 0. The van der Waals surface area contributed by atoms with Gasteiger partial charge in [-0.15, -0.1) is 0 Å². The average Bonchev–Trinajstić information content (AvgIpc) is 1.66. The molecule has 0 spiro atoms. The Morgan fingerprint density at radius 3 is 2.50 bits per heavy atom. The van der Waals surface area contributed by atoms with Gasteiger partial charge in [-0.3, -0.25) is 0 Å². The van der Waals surface area contributed by atoms with Crippen LogP contribution < -0.4 is 0 Å². The van der Waals surface area contributed by atoms with Crippen molar-refractivity contribution in [1.29, 1.82) is 0 Å². The fourth-order valence-corrected chi connectivity index (χ4v) is 0.538. The van der Waals surface area contributed by atoms with E-state index in [4.69, 9.17) is 0 Å². The number of ether oxygens (including phenoxy) is 1. The van der Waals surface area contributed by atoms with Gasteiger partial charge in [0.05, 0.1) is 6.61 Å². The molecule has 0 aliphatic carbocycles. The predicted molar refractivity (Wildman–Crippen MR) is 35.7 cm³/mol. The molecule has 0 bridgehead atoms. The Labute approximate surface area is 60.5 Å². The lowest BCUT2D eigenvalue weighted by molar-refractivity contribution is 0.0243. The van der Waals surface area contributed by atoms with E-state index in [1.54, 1.807) is 0 Å². The van der Waals surface area contributed by atoms with Gasteiger partial charge in [-0.25, -0.2) is 8.78 Å². The monoisotopic (exact) mass is 236 g/mol.